The van der Waals surface area contributed by atoms with E-state index in [1.807, 2.05) is 5.38 Å². The van der Waals surface area contributed by atoms with Gasteiger partial charge in [-0.1, -0.05) is 25.3 Å². The first-order valence-electron chi connectivity index (χ1n) is 11.2. The van der Waals surface area contributed by atoms with Crippen LogP contribution in [0.3, 0.4) is 0 Å². The number of carboxylic acid groups (broad SMARTS) is 1. The van der Waals surface area contributed by atoms with Crippen LogP contribution in [0, 0.1) is 11.7 Å². The average Bonchev–Trinajstić information content (AvgIpc) is 3.28. The minimum absolute atomic E-state index is 0.0619. The van der Waals surface area contributed by atoms with Crippen LogP contribution >= 0.6 is 11.3 Å². The standard InChI is InChI=1S/C23H26FN3O4S.CH2O2/c1-30-18-9-15(7-8-17(18)24)10-25-22(29)20-26-21(28)19-16(13-32-23(19)27-20)12-31-11-14-5-3-2-4-6-14;2-1-3/h7-9,13-14H,2-6,10-12H2,1H3,(H,25,29)(H,26,27,28);1H,(H,2,3). The van der Waals surface area contributed by atoms with Crippen molar-refractivity contribution in [3.05, 3.63) is 56.7 Å². The number of fused-ring (bicyclic) bond motifs is 1. The molecule has 0 unspecified atom stereocenters. The molecule has 1 aliphatic carbocycles. The number of carbonyl (C=O) groups excluding carboxylic acids is 1. The first kappa shape index (κ1) is 26.3. The molecule has 0 atom stereocenters. The summed E-state index contributed by atoms with van der Waals surface area (Å²) in [6.45, 7) is 0.957. The highest BCUT2D eigenvalue weighted by Crippen LogP contribution is 2.26. The summed E-state index contributed by atoms with van der Waals surface area (Å²) in [7, 11) is 1.38. The van der Waals surface area contributed by atoms with Gasteiger partial charge in [-0.2, -0.15) is 0 Å². The molecule has 0 bridgehead atoms. The highest BCUT2D eigenvalue weighted by Gasteiger charge is 2.17. The Labute approximate surface area is 205 Å². The Hall–Kier alpha value is -3.31. The third-order valence-electron chi connectivity index (χ3n) is 5.74. The molecule has 9 nitrogen and oxygen atoms in total. The average molecular weight is 506 g/mol. The number of halogens is 1. The highest BCUT2D eigenvalue weighted by molar-refractivity contribution is 7.16. The van der Waals surface area contributed by atoms with Gasteiger partial charge in [0.05, 0.1) is 19.1 Å². The molecule has 1 fully saturated rings. The molecule has 3 aromatic rings. The highest BCUT2D eigenvalue weighted by atomic mass is 32.1. The number of amides is 1. The zero-order valence-corrected chi connectivity index (χ0v) is 20.2. The van der Waals surface area contributed by atoms with Crippen LogP contribution in [0.5, 0.6) is 5.75 Å². The third-order valence-corrected chi connectivity index (χ3v) is 6.66. The number of hydrogen-bond acceptors (Lipinski definition) is 7. The van der Waals surface area contributed by atoms with Gasteiger partial charge in [-0.25, -0.2) is 9.37 Å². The smallest absolute Gasteiger partial charge is 0.290 e. The van der Waals surface area contributed by atoms with Gasteiger partial charge in [0, 0.05) is 18.7 Å². The Bertz CT molecular complexity index is 1210. The van der Waals surface area contributed by atoms with Crippen LogP contribution in [-0.2, 0) is 22.7 Å². The first-order chi connectivity index (χ1) is 17.0. The number of H-pyrrole nitrogens is 1. The second-order valence-electron chi connectivity index (χ2n) is 8.13. The molecule has 0 spiro atoms. The Kier molecular flexibility index (Phi) is 9.74. The largest absolute Gasteiger partial charge is 0.494 e. The van der Waals surface area contributed by atoms with Gasteiger partial charge >= 0.3 is 0 Å². The van der Waals surface area contributed by atoms with Crippen LogP contribution in [-0.4, -0.2) is 41.2 Å². The molecule has 0 aliphatic heterocycles. The van der Waals surface area contributed by atoms with Crippen molar-refractivity contribution < 1.29 is 28.6 Å². The number of methoxy groups -OCH3 is 1. The van der Waals surface area contributed by atoms with E-state index in [0.29, 0.717) is 34.9 Å². The van der Waals surface area contributed by atoms with Crippen LogP contribution in [0.1, 0.15) is 53.8 Å². The summed E-state index contributed by atoms with van der Waals surface area (Å²) in [6, 6.07) is 4.33. The van der Waals surface area contributed by atoms with Gasteiger partial charge in [0.2, 0.25) is 5.82 Å². The minimum atomic E-state index is -0.518. The van der Waals surface area contributed by atoms with Gasteiger partial charge in [0.15, 0.2) is 11.6 Å². The van der Waals surface area contributed by atoms with Crippen molar-refractivity contribution in [2.75, 3.05) is 13.7 Å². The van der Waals surface area contributed by atoms with E-state index in [1.54, 1.807) is 6.07 Å². The van der Waals surface area contributed by atoms with E-state index >= 15 is 0 Å². The quantitative estimate of drug-likeness (QED) is 0.396. The molecule has 188 valence electrons. The van der Waals surface area contributed by atoms with Crippen LogP contribution in [0.15, 0.2) is 28.4 Å². The zero-order valence-electron chi connectivity index (χ0n) is 19.3. The lowest BCUT2D eigenvalue weighted by atomic mass is 9.90. The van der Waals surface area contributed by atoms with Crippen molar-refractivity contribution in [3.63, 3.8) is 0 Å². The molecule has 1 aliphatic rings. The molecule has 3 N–H and O–H groups in total. The Morgan fingerprint density at radius 2 is 2.09 bits per heavy atom. The van der Waals surface area contributed by atoms with E-state index in [4.69, 9.17) is 19.4 Å². The van der Waals surface area contributed by atoms with Crippen molar-refractivity contribution in [2.24, 2.45) is 5.92 Å². The number of aromatic amines is 1. The molecule has 1 aromatic carbocycles. The van der Waals surface area contributed by atoms with Crippen molar-refractivity contribution in [2.45, 2.75) is 45.3 Å². The van der Waals surface area contributed by atoms with Gasteiger partial charge in [-0.15, -0.1) is 11.3 Å². The number of thiophene rings is 1. The lowest BCUT2D eigenvalue weighted by molar-refractivity contribution is -0.122. The van der Waals surface area contributed by atoms with Crippen molar-refractivity contribution in [3.8, 4) is 5.75 Å². The number of carbonyl (C=O) groups is 2. The van der Waals surface area contributed by atoms with E-state index in [1.165, 1.54) is 62.7 Å². The van der Waals surface area contributed by atoms with E-state index in [0.717, 1.165) is 5.56 Å². The Balaban J connectivity index is 0.00000108. The predicted octanol–water partition coefficient (Wildman–Crippen LogP) is 3.86. The number of rotatable bonds is 8. The molecule has 0 radical (unpaired) electrons. The maximum absolute atomic E-state index is 13.5. The zero-order chi connectivity index (χ0) is 25.2. The van der Waals surface area contributed by atoms with E-state index in [-0.39, 0.29) is 30.2 Å². The topological polar surface area (TPSA) is 131 Å². The van der Waals surface area contributed by atoms with Crippen LogP contribution in [0.4, 0.5) is 4.39 Å². The number of hydrogen-bond donors (Lipinski definition) is 3. The van der Waals surface area contributed by atoms with Crippen molar-refractivity contribution in [1.29, 1.82) is 0 Å². The number of nitrogens with one attached hydrogen (secondary N) is 2. The van der Waals surface area contributed by atoms with Crippen molar-refractivity contribution in [1.82, 2.24) is 15.3 Å². The third kappa shape index (κ3) is 7.09. The summed E-state index contributed by atoms with van der Waals surface area (Å²) in [5.41, 5.74) is 1.09. The monoisotopic (exact) mass is 505 g/mol. The summed E-state index contributed by atoms with van der Waals surface area (Å²) in [5, 5.41) is 11.9. The van der Waals surface area contributed by atoms with Crippen molar-refractivity contribution >= 4 is 33.9 Å². The molecule has 1 saturated carbocycles. The SMILES string of the molecule is COc1cc(CNC(=O)c2nc3scc(COCC4CCCCC4)c3c(=O)[nH]2)ccc1F.O=CO. The minimum Gasteiger partial charge on any atom is -0.494 e. The summed E-state index contributed by atoms with van der Waals surface area (Å²) >= 11 is 1.32. The van der Waals surface area contributed by atoms with Crippen LogP contribution in [0.2, 0.25) is 0 Å². The predicted molar refractivity (Wildman–Crippen MR) is 129 cm³/mol. The molecular formula is C24H28FN3O6S. The molecule has 35 heavy (non-hydrogen) atoms. The second-order valence-corrected chi connectivity index (χ2v) is 8.99. The van der Waals surface area contributed by atoms with Gasteiger partial charge < -0.3 is 24.9 Å². The lowest BCUT2D eigenvalue weighted by Crippen LogP contribution is -2.27. The lowest BCUT2D eigenvalue weighted by Gasteiger charge is -2.21. The first-order valence-corrected chi connectivity index (χ1v) is 12.1. The summed E-state index contributed by atoms with van der Waals surface area (Å²) < 4.78 is 24.4. The Morgan fingerprint density at radius 1 is 1.34 bits per heavy atom. The maximum atomic E-state index is 13.5. The summed E-state index contributed by atoms with van der Waals surface area (Å²) in [5.74, 6) is -0.359. The number of nitrogens with zero attached hydrogens (tertiary/aromatic N) is 1. The normalized spacial score (nSPS) is 13.7. The van der Waals surface area contributed by atoms with Crippen LogP contribution in [0.25, 0.3) is 10.2 Å². The molecule has 1 amide bonds. The van der Waals surface area contributed by atoms with Gasteiger partial charge in [-0.3, -0.25) is 14.4 Å². The van der Waals surface area contributed by atoms with E-state index < -0.39 is 11.7 Å². The fourth-order valence-electron chi connectivity index (χ4n) is 3.99. The van der Waals surface area contributed by atoms with Gasteiger partial charge in [-0.05, 0) is 41.8 Å². The molecule has 2 aromatic heterocycles. The van der Waals surface area contributed by atoms with E-state index in [9.17, 15) is 14.0 Å². The number of ether oxygens (including phenoxy) is 2. The maximum Gasteiger partial charge on any atom is 0.290 e. The van der Waals surface area contributed by atoms with E-state index in [2.05, 4.69) is 15.3 Å². The van der Waals surface area contributed by atoms with Gasteiger partial charge in [0.25, 0.3) is 17.9 Å². The fourth-order valence-corrected chi connectivity index (χ4v) is 4.92. The fraction of sp³-hybridized carbons (Fsp3) is 0.417. The number of benzene rings is 1. The molecule has 4 rings (SSSR count). The van der Waals surface area contributed by atoms with Gasteiger partial charge in [0.1, 0.15) is 4.83 Å². The number of aromatic nitrogens is 2. The summed E-state index contributed by atoms with van der Waals surface area (Å²) in [6.07, 6.45) is 6.24. The molecule has 2 heterocycles. The van der Waals surface area contributed by atoms with Crippen LogP contribution < -0.4 is 15.6 Å². The second kappa shape index (κ2) is 13.0. The summed E-state index contributed by atoms with van der Waals surface area (Å²) in [4.78, 5) is 40.9. The molecule has 11 heteroatoms. The molecule has 0 saturated heterocycles. The molecular weight excluding hydrogens is 477 g/mol. The Morgan fingerprint density at radius 3 is 2.80 bits per heavy atom.